The molecule has 3 aliphatic rings. The van der Waals surface area contributed by atoms with Crippen molar-refractivity contribution in [1.82, 2.24) is 0 Å². The van der Waals surface area contributed by atoms with Crippen molar-refractivity contribution in [3.05, 3.63) is 23.8 Å². The van der Waals surface area contributed by atoms with Gasteiger partial charge in [0.25, 0.3) is 0 Å². The van der Waals surface area contributed by atoms with E-state index in [1.165, 1.54) is 18.6 Å². The first-order valence-electron chi connectivity index (χ1n) is 6.79. The lowest BCUT2D eigenvalue weighted by Gasteiger charge is -2.60. The van der Waals surface area contributed by atoms with Crippen LogP contribution in [0.1, 0.15) is 32.6 Å². The molecule has 0 aliphatic heterocycles. The van der Waals surface area contributed by atoms with Crippen LogP contribution in [-0.2, 0) is 4.79 Å². The van der Waals surface area contributed by atoms with Gasteiger partial charge >= 0.3 is 5.97 Å². The molecule has 19 heavy (non-hydrogen) atoms. The summed E-state index contributed by atoms with van der Waals surface area (Å²) in [5.41, 5.74) is 1.02. The minimum Gasteiger partial charge on any atom is -0.478 e. The van der Waals surface area contributed by atoms with Crippen LogP contribution in [0.5, 0.6) is 0 Å². The van der Waals surface area contributed by atoms with Crippen LogP contribution >= 0.6 is 0 Å². The molecule has 3 rings (SSSR count). The molecule has 106 valence electrons. The summed E-state index contributed by atoms with van der Waals surface area (Å²) in [6.07, 6.45) is 4.05. The standard InChI is InChI=1S/C15H22O4/c1-9-3-4-11-6-13(9)15(11,8-16)7-12(17)5-10(2)14(18)19/h5,11-13,16-17H,1,3-4,6-8H2,2H3,(H,18,19)/b10-5+/t11?,12-,13?,15?/m1/s1. The van der Waals surface area contributed by atoms with Crippen molar-refractivity contribution in [2.45, 2.75) is 38.7 Å². The molecule has 3 unspecified atom stereocenters. The fourth-order valence-corrected chi connectivity index (χ4v) is 3.81. The quantitative estimate of drug-likeness (QED) is 0.523. The summed E-state index contributed by atoms with van der Waals surface area (Å²) in [5.74, 6) is -0.305. The lowest BCUT2D eigenvalue weighted by molar-refractivity contribution is -0.132. The van der Waals surface area contributed by atoms with Crippen molar-refractivity contribution >= 4 is 5.97 Å². The molecule has 0 aromatic heterocycles. The normalized spacial score (nSPS) is 35.7. The van der Waals surface area contributed by atoms with Crippen LogP contribution in [0.4, 0.5) is 0 Å². The summed E-state index contributed by atoms with van der Waals surface area (Å²) >= 11 is 0. The molecular formula is C15H22O4. The van der Waals surface area contributed by atoms with E-state index in [0.717, 1.165) is 19.3 Å². The first-order valence-corrected chi connectivity index (χ1v) is 6.79. The van der Waals surface area contributed by atoms with E-state index in [4.69, 9.17) is 5.11 Å². The Labute approximate surface area is 113 Å². The Morgan fingerprint density at radius 1 is 1.63 bits per heavy atom. The number of carbonyl (C=O) groups is 1. The Morgan fingerprint density at radius 2 is 2.32 bits per heavy atom. The topological polar surface area (TPSA) is 77.8 Å². The van der Waals surface area contributed by atoms with Crippen LogP contribution in [0.25, 0.3) is 0 Å². The molecule has 0 spiro atoms. The molecule has 0 amide bonds. The first kappa shape index (κ1) is 14.3. The van der Waals surface area contributed by atoms with Crippen LogP contribution < -0.4 is 0 Å². The number of aliphatic hydroxyl groups excluding tert-OH is 2. The smallest absolute Gasteiger partial charge is 0.331 e. The Hall–Kier alpha value is -1.13. The Morgan fingerprint density at radius 3 is 2.79 bits per heavy atom. The van der Waals surface area contributed by atoms with Crippen LogP contribution in [0.3, 0.4) is 0 Å². The summed E-state index contributed by atoms with van der Waals surface area (Å²) in [5, 5.41) is 28.6. The number of allylic oxidation sites excluding steroid dienone is 1. The minimum absolute atomic E-state index is 0.0401. The van der Waals surface area contributed by atoms with Gasteiger partial charge in [-0.25, -0.2) is 4.79 Å². The monoisotopic (exact) mass is 266 g/mol. The van der Waals surface area contributed by atoms with E-state index in [1.54, 1.807) is 0 Å². The van der Waals surface area contributed by atoms with Gasteiger partial charge in [-0.15, -0.1) is 0 Å². The molecule has 4 nitrogen and oxygen atoms in total. The SMILES string of the molecule is C=C1CCC2CC1C2(CO)C[C@H](O)/C=C(\C)C(=O)O. The van der Waals surface area contributed by atoms with Crippen molar-refractivity contribution in [2.24, 2.45) is 17.3 Å². The fraction of sp³-hybridized carbons (Fsp3) is 0.667. The third-order valence-electron chi connectivity index (χ3n) is 5.00. The predicted octanol–water partition coefficient (Wildman–Crippen LogP) is 1.73. The van der Waals surface area contributed by atoms with Gasteiger partial charge in [-0.1, -0.05) is 12.2 Å². The Kier molecular flexibility index (Phi) is 3.83. The van der Waals surface area contributed by atoms with Gasteiger partial charge in [-0.3, -0.25) is 0 Å². The molecule has 3 saturated carbocycles. The molecule has 3 aliphatic carbocycles. The number of carboxylic acids is 1. The van der Waals surface area contributed by atoms with E-state index >= 15 is 0 Å². The highest BCUT2D eigenvalue weighted by Gasteiger charge is 2.57. The van der Waals surface area contributed by atoms with Crippen LogP contribution in [0, 0.1) is 17.3 Å². The Balaban J connectivity index is 2.10. The van der Waals surface area contributed by atoms with Gasteiger partial charge in [0.1, 0.15) is 0 Å². The van der Waals surface area contributed by atoms with Gasteiger partial charge in [0.2, 0.25) is 0 Å². The highest BCUT2D eigenvalue weighted by molar-refractivity contribution is 5.85. The van der Waals surface area contributed by atoms with Crippen molar-refractivity contribution in [1.29, 1.82) is 0 Å². The number of aliphatic hydroxyl groups is 2. The maximum atomic E-state index is 10.8. The average molecular weight is 266 g/mol. The molecule has 0 aromatic rings. The van der Waals surface area contributed by atoms with E-state index in [1.807, 2.05) is 0 Å². The lowest BCUT2D eigenvalue weighted by atomic mass is 9.44. The van der Waals surface area contributed by atoms with Gasteiger partial charge in [0, 0.05) is 17.6 Å². The highest BCUT2D eigenvalue weighted by Crippen LogP contribution is 2.63. The summed E-state index contributed by atoms with van der Waals surface area (Å²) < 4.78 is 0. The second-order valence-electron chi connectivity index (χ2n) is 6.00. The van der Waals surface area contributed by atoms with Gasteiger partial charge in [-0.2, -0.15) is 0 Å². The lowest BCUT2D eigenvalue weighted by Crippen LogP contribution is -2.56. The first-order chi connectivity index (χ1) is 8.90. The van der Waals surface area contributed by atoms with Gasteiger partial charge in [0.05, 0.1) is 6.10 Å². The Bertz CT molecular complexity index is 424. The number of hydrogen-bond donors (Lipinski definition) is 3. The molecule has 3 N–H and O–H groups in total. The fourth-order valence-electron chi connectivity index (χ4n) is 3.81. The molecule has 4 heteroatoms. The summed E-state index contributed by atoms with van der Waals surface area (Å²) in [6.45, 7) is 5.58. The van der Waals surface area contributed by atoms with E-state index in [-0.39, 0.29) is 23.5 Å². The van der Waals surface area contributed by atoms with Gasteiger partial charge in [-0.05, 0) is 50.5 Å². The second-order valence-corrected chi connectivity index (χ2v) is 6.00. The number of aliphatic carboxylic acids is 1. The average Bonchev–Trinajstić information content (AvgIpc) is 2.35. The third kappa shape index (κ3) is 2.35. The van der Waals surface area contributed by atoms with Gasteiger partial charge in [0.15, 0.2) is 0 Å². The summed E-state index contributed by atoms with van der Waals surface area (Å²) in [4.78, 5) is 10.8. The maximum Gasteiger partial charge on any atom is 0.331 e. The number of fused-ring (bicyclic) bond motifs is 2. The molecule has 0 saturated heterocycles. The van der Waals surface area contributed by atoms with E-state index in [0.29, 0.717) is 12.3 Å². The van der Waals surface area contributed by atoms with Crippen molar-refractivity contribution in [3.8, 4) is 0 Å². The molecule has 0 radical (unpaired) electrons. The van der Waals surface area contributed by atoms with E-state index in [2.05, 4.69) is 6.58 Å². The molecule has 2 bridgehead atoms. The van der Waals surface area contributed by atoms with Crippen LogP contribution in [-0.4, -0.2) is 34.0 Å². The zero-order valence-electron chi connectivity index (χ0n) is 11.3. The van der Waals surface area contributed by atoms with Crippen molar-refractivity contribution < 1.29 is 20.1 Å². The zero-order valence-corrected chi connectivity index (χ0v) is 11.3. The van der Waals surface area contributed by atoms with Crippen molar-refractivity contribution in [2.75, 3.05) is 6.61 Å². The number of hydrogen-bond acceptors (Lipinski definition) is 3. The second kappa shape index (κ2) is 5.10. The molecular weight excluding hydrogens is 244 g/mol. The van der Waals surface area contributed by atoms with Crippen LogP contribution in [0.2, 0.25) is 0 Å². The van der Waals surface area contributed by atoms with Crippen molar-refractivity contribution in [3.63, 3.8) is 0 Å². The summed E-state index contributed by atoms with van der Waals surface area (Å²) in [7, 11) is 0. The molecule has 0 aromatic carbocycles. The minimum atomic E-state index is -1.02. The molecule has 4 atom stereocenters. The molecule has 3 fully saturated rings. The van der Waals surface area contributed by atoms with E-state index < -0.39 is 12.1 Å². The van der Waals surface area contributed by atoms with E-state index in [9.17, 15) is 15.0 Å². The summed E-state index contributed by atoms with van der Waals surface area (Å²) in [6, 6.07) is 0. The maximum absolute atomic E-state index is 10.8. The largest absolute Gasteiger partial charge is 0.478 e. The number of carboxylic acid groups (broad SMARTS) is 1. The number of rotatable bonds is 5. The highest BCUT2D eigenvalue weighted by atomic mass is 16.4. The molecule has 0 heterocycles. The van der Waals surface area contributed by atoms with Crippen LogP contribution in [0.15, 0.2) is 23.8 Å². The zero-order chi connectivity index (χ0) is 14.2. The van der Waals surface area contributed by atoms with Gasteiger partial charge < -0.3 is 15.3 Å². The predicted molar refractivity (Wildman–Crippen MR) is 71.5 cm³/mol. The third-order valence-corrected chi connectivity index (χ3v) is 5.00.